The standard InChI is InChI=1S/C25H37FIN5O6/c1-22(2,3)36-19(33)16-14-32(31-28-16)13-15(26)12-25(20(34)37-23(4,5)6,21(35)38-24(7,8)9)17-10-11-18(27)30-29-17/h10-11,14-15,28,31H,12-13H2,1-9H3/t15-/m1/s1. The van der Waals surface area contributed by atoms with E-state index < -0.39 is 52.7 Å². The zero-order valence-corrected chi connectivity index (χ0v) is 25.4. The molecule has 13 heteroatoms. The van der Waals surface area contributed by atoms with E-state index in [0.29, 0.717) is 3.70 Å². The van der Waals surface area contributed by atoms with Crippen molar-refractivity contribution >= 4 is 40.5 Å². The summed E-state index contributed by atoms with van der Waals surface area (Å²) in [6.07, 6.45) is -1.10. The van der Waals surface area contributed by atoms with E-state index in [9.17, 15) is 14.4 Å². The Morgan fingerprint density at radius 2 is 1.45 bits per heavy atom. The predicted molar refractivity (Wildman–Crippen MR) is 145 cm³/mol. The maximum absolute atomic E-state index is 15.8. The van der Waals surface area contributed by atoms with Gasteiger partial charge in [0, 0.05) is 12.6 Å². The number of hydrogen-bond acceptors (Lipinski definition) is 11. The fourth-order valence-corrected chi connectivity index (χ4v) is 3.62. The summed E-state index contributed by atoms with van der Waals surface area (Å²) < 4.78 is 32.8. The number of halogens is 2. The van der Waals surface area contributed by atoms with Gasteiger partial charge in [0.1, 0.15) is 26.7 Å². The minimum absolute atomic E-state index is 0.0705. The van der Waals surface area contributed by atoms with Gasteiger partial charge in [0.05, 0.1) is 12.2 Å². The van der Waals surface area contributed by atoms with E-state index in [1.165, 1.54) is 17.3 Å². The summed E-state index contributed by atoms with van der Waals surface area (Å²) in [6.45, 7) is 14.7. The van der Waals surface area contributed by atoms with Crippen LogP contribution in [0, 0.1) is 3.70 Å². The van der Waals surface area contributed by atoms with Crippen LogP contribution >= 0.6 is 22.6 Å². The molecule has 0 spiro atoms. The van der Waals surface area contributed by atoms with Crippen molar-refractivity contribution in [1.82, 2.24) is 26.2 Å². The molecule has 0 aromatic carbocycles. The SMILES string of the molecule is CC(C)(C)OC(=O)C1=CN(C[C@H](F)CC(C(=O)OC(C)(C)C)(C(=O)OC(C)(C)C)c2ccc(I)nn2)NN1. The molecule has 0 unspecified atom stereocenters. The first-order valence-electron chi connectivity index (χ1n) is 12.1. The molecule has 2 heterocycles. The van der Waals surface area contributed by atoms with E-state index in [1.54, 1.807) is 68.4 Å². The van der Waals surface area contributed by atoms with Crippen LogP contribution in [0.3, 0.4) is 0 Å². The van der Waals surface area contributed by atoms with Gasteiger partial charge in [-0.1, -0.05) is 0 Å². The van der Waals surface area contributed by atoms with Gasteiger partial charge in [-0.25, -0.2) is 9.18 Å². The lowest BCUT2D eigenvalue weighted by molar-refractivity contribution is -0.179. The van der Waals surface area contributed by atoms with Crippen molar-refractivity contribution < 1.29 is 33.0 Å². The second-order valence-corrected chi connectivity index (χ2v) is 13.0. The Hall–Kier alpha value is -2.55. The summed E-state index contributed by atoms with van der Waals surface area (Å²) >= 11 is 1.93. The fourth-order valence-electron chi connectivity index (χ4n) is 3.34. The third kappa shape index (κ3) is 9.03. The number of esters is 3. The zero-order valence-electron chi connectivity index (χ0n) is 23.3. The molecule has 2 rings (SSSR count). The average molecular weight is 650 g/mol. The zero-order chi connectivity index (χ0) is 29.1. The summed E-state index contributed by atoms with van der Waals surface area (Å²) in [6, 6.07) is 2.99. The molecule has 1 aliphatic rings. The maximum atomic E-state index is 15.8. The van der Waals surface area contributed by atoms with Crippen molar-refractivity contribution in [2.45, 2.75) is 97.1 Å². The van der Waals surface area contributed by atoms with Crippen LogP contribution in [0.2, 0.25) is 0 Å². The average Bonchev–Trinajstić information content (AvgIpc) is 3.17. The van der Waals surface area contributed by atoms with E-state index in [1.807, 2.05) is 22.6 Å². The highest BCUT2D eigenvalue weighted by atomic mass is 127. The third-order valence-corrected chi connectivity index (χ3v) is 5.30. The largest absolute Gasteiger partial charge is 0.459 e. The van der Waals surface area contributed by atoms with Crippen LogP contribution in [-0.4, -0.2) is 62.6 Å². The van der Waals surface area contributed by atoms with Crippen LogP contribution in [-0.2, 0) is 34.0 Å². The third-order valence-electron chi connectivity index (χ3n) is 4.72. The van der Waals surface area contributed by atoms with Crippen LogP contribution in [0.4, 0.5) is 4.39 Å². The number of hydrogen-bond donors (Lipinski definition) is 2. The quantitative estimate of drug-likeness (QED) is 0.186. The van der Waals surface area contributed by atoms with Crippen LogP contribution in [0.15, 0.2) is 24.0 Å². The molecule has 0 bridgehead atoms. The summed E-state index contributed by atoms with van der Waals surface area (Å²) in [4.78, 5) is 39.7. The number of carbonyl (C=O) groups is 3. The minimum Gasteiger partial charge on any atom is -0.459 e. The second-order valence-electron chi connectivity index (χ2n) is 11.9. The number of aromatic nitrogens is 2. The van der Waals surface area contributed by atoms with Crippen LogP contribution in [0.5, 0.6) is 0 Å². The van der Waals surface area contributed by atoms with Gasteiger partial charge in [-0.05, 0) is 97.0 Å². The first-order valence-corrected chi connectivity index (χ1v) is 13.1. The molecule has 11 nitrogen and oxygen atoms in total. The Bertz CT molecular complexity index is 1030. The van der Waals surface area contributed by atoms with Crippen LogP contribution in [0.25, 0.3) is 0 Å². The molecule has 1 aliphatic heterocycles. The van der Waals surface area contributed by atoms with Crippen molar-refractivity contribution in [2.24, 2.45) is 0 Å². The smallest absolute Gasteiger partial charge is 0.357 e. The lowest BCUT2D eigenvalue weighted by Crippen LogP contribution is -2.53. The van der Waals surface area contributed by atoms with E-state index in [4.69, 9.17) is 14.2 Å². The number of carbonyl (C=O) groups excluding carboxylic acids is 3. The van der Waals surface area contributed by atoms with Gasteiger partial charge >= 0.3 is 17.9 Å². The molecule has 1 aromatic rings. The molecule has 2 N–H and O–H groups in total. The molecule has 0 radical (unpaired) electrons. The van der Waals surface area contributed by atoms with E-state index in [2.05, 4.69) is 21.2 Å². The van der Waals surface area contributed by atoms with Crippen molar-refractivity contribution in [3.63, 3.8) is 0 Å². The van der Waals surface area contributed by atoms with Gasteiger partial charge in [0.15, 0.2) is 5.70 Å². The highest BCUT2D eigenvalue weighted by Gasteiger charge is 2.55. The van der Waals surface area contributed by atoms with Crippen molar-refractivity contribution in [1.29, 1.82) is 0 Å². The molecular formula is C25H37FIN5O6. The maximum Gasteiger partial charge on any atom is 0.357 e. The molecule has 0 aliphatic carbocycles. The molecule has 38 heavy (non-hydrogen) atoms. The molecular weight excluding hydrogens is 612 g/mol. The van der Waals surface area contributed by atoms with Crippen molar-refractivity contribution in [3.05, 3.63) is 33.4 Å². The van der Waals surface area contributed by atoms with Crippen molar-refractivity contribution in [2.75, 3.05) is 6.54 Å². The molecule has 0 saturated carbocycles. The molecule has 1 atom stereocenters. The summed E-state index contributed by atoms with van der Waals surface area (Å²) in [7, 11) is 0. The first-order chi connectivity index (χ1) is 17.2. The number of rotatable bonds is 8. The van der Waals surface area contributed by atoms with Gasteiger partial charge in [0.25, 0.3) is 0 Å². The van der Waals surface area contributed by atoms with Gasteiger partial charge in [0.2, 0.25) is 5.41 Å². The normalized spacial score (nSPS) is 15.3. The van der Waals surface area contributed by atoms with E-state index in [-0.39, 0.29) is 17.9 Å². The number of nitrogens with zero attached hydrogens (tertiary/aromatic N) is 3. The summed E-state index contributed by atoms with van der Waals surface area (Å²) in [5.41, 5.74) is 0.327. The lowest BCUT2D eigenvalue weighted by Gasteiger charge is -2.35. The Morgan fingerprint density at radius 3 is 1.89 bits per heavy atom. The fraction of sp³-hybridized carbons (Fsp3) is 0.640. The van der Waals surface area contributed by atoms with Crippen LogP contribution in [0.1, 0.15) is 74.4 Å². The first kappa shape index (κ1) is 31.7. The Balaban J connectivity index is 2.44. The Kier molecular flexibility index (Phi) is 9.73. The Labute approximate surface area is 236 Å². The topological polar surface area (TPSA) is 132 Å². The number of ether oxygens (including phenoxy) is 3. The summed E-state index contributed by atoms with van der Waals surface area (Å²) in [5, 5.41) is 9.32. The monoisotopic (exact) mass is 649 g/mol. The number of hydrazine groups is 2. The molecule has 1 aromatic heterocycles. The molecule has 212 valence electrons. The van der Waals surface area contributed by atoms with Gasteiger partial charge < -0.3 is 14.2 Å². The summed E-state index contributed by atoms with van der Waals surface area (Å²) in [5.74, 6) is -2.64. The molecule has 0 fully saturated rings. The highest BCUT2D eigenvalue weighted by molar-refractivity contribution is 14.1. The van der Waals surface area contributed by atoms with Gasteiger partial charge in [-0.15, -0.1) is 10.6 Å². The Morgan fingerprint density at radius 1 is 0.921 bits per heavy atom. The molecule has 0 amide bonds. The van der Waals surface area contributed by atoms with Gasteiger partial charge in [-0.3, -0.25) is 20.0 Å². The second kappa shape index (κ2) is 11.7. The van der Waals surface area contributed by atoms with Crippen molar-refractivity contribution in [3.8, 4) is 0 Å². The number of alkyl halides is 1. The number of nitrogens with one attached hydrogen (secondary N) is 2. The van der Waals surface area contributed by atoms with Gasteiger partial charge in [-0.2, -0.15) is 5.10 Å². The highest BCUT2D eigenvalue weighted by Crippen LogP contribution is 2.36. The minimum atomic E-state index is -2.25. The lowest BCUT2D eigenvalue weighted by atomic mass is 9.78. The van der Waals surface area contributed by atoms with E-state index >= 15 is 4.39 Å². The molecule has 0 saturated heterocycles. The van der Waals surface area contributed by atoms with Crippen LogP contribution < -0.4 is 11.0 Å². The predicted octanol–water partition coefficient (Wildman–Crippen LogP) is 3.24. The van der Waals surface area contributed by atoms with E-state index in [0.717, 1.165) is 0 Å².